The van der Waals surface area contributed by atoms with E-state index >= 15 is 0 Å². The van der Waals surface area contributed by atoms with E-state index in [1.807, 2.05) is 0 Å². The minimum atomic E-state index is -4.96. The highest BCUT2D eigenvalue weighted by Crippen LogP contribution is 2.45. The molecule has 0 saturated carbocycles. The Balaban J connectivity index is 5.25. The summed E-state index contributed by atoms with van der Waals surface area (Å²) in [6.45, 7) is 7.38. The number of aliphatic hydroxyl groups excluding tert-OH is 1. The van der Waals surface area contributed by atoms with Gasteiger partial charge in [0.2, 0.25) is 0 Å². The van der Waals surface area contributed by atoms with Crippen LogP contribution < -0.4 is 0 Å². The second-order valence-corrected chi connectivity index (χ2v) is 31.6. The smallest absolute Gasteiger partial charge is 0.462 e. The minimum Gasteiger partial charge on any atom is -0.462 e. The van der Waals surface area contributed by atoms with Crippen LogP contribution in [0.3, 0.4) is 0 Å². The van der Waals surface area contributed by atoms with Crippen molar-refractivity contribution in [1.29, 1.82) is 0 Å². The largest absolute Gasteiger partial charge is 0.472 e. The number of ether oxygens (including phenoxy) is 4. The molecule has 98 heavy (non-hydrogen) atoms. The summed E-state index contributed by atoms with van der Waals surface area (Å²) in [5, 5.41) is 10.6. The van der Waals surface area contributed by atoms with Crippen LogP contribution in [-0.2, 0) is 65.4 Å². The Kier molecular flexibility index (Phi) is 70.6. The van der Waals surface area contributed by atoms with E-state index in [4.69, 9.17) is 37.0 Å². The molecule has 0 bridgehead atoms. The minimum absolute atomic E-state index is 0.108. The highest BCUT2D eigenvalue weighted by atomic mass is 31.2. The lowest BCUT2D eigenvalue weighted by Crippen LogP contribution is -2.30. The maximum Gasteiger partial charge on any atom is 0.472 e. The van der Waals surface area contributed by atoms with E-state index in [0.29, 0.717) is 25.7 Å². The average Bonchev–Trinajstić information content (AvgIpc) is 1.22. The van der Waals surface area contributed by atoms with Crippen molar-refractivity contribution in [2.45, 2.75) is 438 Å². The Bertz CT molecular complexity index is 1880. The number of rotatable bonds is 79. The first kappa shape index (κ1) is 96.1. The number of hydrogen-bond acceptors (Lipinski definition) is 15. The molecule has 0 radical (unpaired) electrons. The van der Waals surface area contributed by atoms with Crippen LogP contribution in [0.4, 0.5) is 0 Å². The van der Waals surface area contributed by atoms with Crippen molar-refractivity contribution >= 4 is 39.5 Å². The standard InChI is InChI=1S/C79H154O17P2/c1-6-10-13-16-19-22-25-27-28-29-34-38-43-48-53-58-63-77(82)90-69-75(96-79(84)65-60-55-50-45-40-35-31-30-33-37-41-46-51-56-61-72(5)9-4)71-94-98(87,88)92-67-73(80)66-91-97(85,86)93-70-74(68-89-76(81)62-57-52-47-42-36-24-21-18-15-12-8-3)95-78(83)64-59-54-49-44-39-32-26-23-20-17-14-11-7-2/h72-75,80H,6-71H2,1-5H3,(H,85,86)(H,87,88)/t72?,73-,74+,75+/m0/s1. The van der Waals surface area contributed by atoms with Gasteiger partial charge in [-0.1, -0.05) is 369 Å². The lowest BCUT2D eigenvalue weighted by Gasteiger charge is -2.21. The summed E-state index contributed by atoms with van der Waals surface area (Å²) in [6.07, 6.45) is 62.2. The maximum absolute atomic E-state index is 13.1. The molecule has 0 aliphatic heterocycles. The monoisotopic (exact) mass is 1440 g/mol. The van der Waals surface area contributed by atoms with Gasteiger partial charge in [0, 0.05) is 25.7 Å². The van der Waals surface area contributed by atoms with Crippen molar-refractivity contribution in [2.75, 3.05) is 39.6 Å². The third-order valence-corrected chi connectivity index (χ3v) is 20.8. The van der Waals surface area contributed by atoms with Crippen LogP contribution in [0.1, 0.15) is 420 Å². The van der Waals surface area contributed by atoms with Crippen LogP contribution in [0, 0.1) is 5.92 Å². The van der Waals surface area contributed by atoms with Gasteiger partial charge in [-0.25, -0.2) is 9.13 Å². The number of carbonyl (C=O) groups excluding carboxylic acids is 4. The second kappa shape index (κ2) is 72.0. The number of aliphatic hydroxyl groups is 1. The molecule has 3 N–H and O–H groups in total. The Morgan fingerprint density at radius 3 is 0.724 bits per heavy atom. The molecule has 0 aromatic heterocycles. The molecule has 0 aliphatic rings. The normalized spacial score (nSPS) is 14.2. The van der Waals surface area contributed by atoms with E-state index in [1.165, 1.54) is 244 Å². The molecular formula is C79H154O17P2. The van der Waals surface area contributed by atoms with Gasteiger partial charge in [0.1, 0.15) is 19.3 Å². The zero-order valence-corrected chi connectivity index (χ0v) is 65.7. The van der Waals surface area contributed by atoms with Crippen LogP contribution in [0.25, 0.3) is 0 Å². The third kappa shape index (κ3) is 71.1. The molecule has 19 heteroatoms. The summed E-state index contributed by atoms with van der Waals surface area (Å²) in [5.41, 5.74) is 0. The predicted molar refractivity (Wildman–Crippen MR) is 400 cm³/mol. The highest BCUT2D eigenvalue weighted by Gasteiger charge is 2.30. The first-order chi connectivity index (χ1) is 47.6. The summed E-state index contributed by atoms with van der Waals surface area (Å²) >= 11 is 0. The van der Waals surface area contributed by atoms with Gasteiger partial charge in [-0.15, -0.1) is 0 Å². The van der Waals surface area contributed by atoms with Crippen molar-refractivity contribution < 1.29 is 80.2 Å². The molecule has 17 nitrogen and oxygen atoms in total. The topological polar surface area (TPSA) is 237 Å². The lowest BCUT2D eigenvalue weighted by atomic mass is 9.99. The number of hydrogen-bond donors (Lipinski definition) is 3. The predicted octanol–water partition coefficient (Wildman–Crippen LogP) is 23.6. The van der Waals surface area contributed by atoms with Gasteiger partial charge < -0.3 is 33.8 Å². The number of unbranched alkanes of at least 4 members (excludes halogenated alkanes) is 50. The number of phosphoric acid groups is 2. The zero-order chi connectivity index (χ0) is 71.9. The molecule has 0 spiro atoms. The highest BCUT2D eigenvalue weighted by molar-refractivity contribution is 7.47. The van der Waals surface area contributed by atoms with E-state index in [2.05, 4.69) is 34.6 Å². The van der Waals surface area contributed by atoms with Gasteiger partial charge in [-0.3, -0.25) is 37.3 Å². The summed E-state index contributed by atoms with van der Waals surface area (Å²) < 4.78 is 68.7. The first-order valence-electron chi connectivity index (χ1n) is 41.2. The lowest BCUT2D eigenvalue weighted by molar-refractivity contribution is -0.161. The van der Waals surface area contributed by atoms with Crippen LogP contribution in [-0.4, -0.2) is 96.7 Å². The quantitative estimate of drug-likeness (QED) is 0.0222. The summed E-state index contributed by atoms with van der Waals surface area (Å²) in [7, 11) is -9.91. The molecule has 0 aromatic rings. The van der Waals surface area contributed by atoms with Crippen molar-refractivity contribution in [3.63, 3.8) is 0 Å². The Hall–Kier alpha value is -1.94. The first-order valence-corrected chi connectivity index (χ1v) is 44.2. The number of esters is 4. The van der Waals surface area contributed by atoms with E-state index in [-0.39, 0.29) is 25.7 Å². The number of phosphoric ester groups is 2. The van der Waals surface area contributed by atoms with Gasteiger partial charge in [0.25, 0.3) is 0 Å². The van der Waals surface area contributed by atoms with Crippen LogP contribution >= 0.6 is 15.6 Å². The van der Waals surface area contributed by atoms with Gasteiger partial charge in [-0.05, 0) is 31.6 Å². The second-order valence-electron chi connectivity index (χ2n) is 28.7. The van der Waals surface area contributed by atoms with Crippen molar-refractivity contribution in [2.24, 2.45) is 5.92 Å². The molecule has 0 aliphatic carbocycles. The summed E-state index contributed by atoms with van der Waals surface area (Å²) in [4.78, 5) is 73.0. The molecule has 582 valence electrons. The van der Waals surface area contributed by atoms with Gasteiger partial charge in [0.05, 0.1) is 26.4 Å². The van der Waals surface area contributed by atoms with Crippen LogP contribution in [0.2, 0.25) is 0 Å². The summed E-state index contributed by atoms with van der Waals surface area (Å²) in [5.74, 6) is -1.26. The van der Waals surface area contributed by atoms with E-state index in [9.17, 15) is 43.2 Å². The Morgan fingerprint density at radius 1 is 0.286 bits per heavy atom. The molecule has 0 heterocycles. The SMILES string of the molecule is CCCCCCCCCCCCCCCCCCC(=O)OC[C@H](COP(=O)(O)OC[C@@H](O)COP(=O)(O)OC[C@@H](COC(=O)CCCCCCCCCCCCC)OC(=O)CCCCCCCCCCCCCCC)OC(=O)CCCCCCCCCCCCCCCCC(C)CC. The molecular weight excluding hydrogens is 1280 g/mol. The van der Waals surface area contributed by atoms with Gasteiger partial charge in [0.15, 0.2) is 12.2 Å². The molecule has 0 aromatic carbocycles. The van der Waals surface area contributed by atoms with Gasteiger partial charge in [-0.2, -0.15) is 0 Å². The molecule has 6 atom stereocenters. The fourth-order valence-corrected chi connectivity index (χ4v) is 13.8. The van der Waals surface area contributed by atoms with Crippen molar-refractivity contribution in [1.82, 2.24) is 0 Å². The summed E-state index contributed by atoms with van der Waals surface area (Å²) in [6, 6.07) is 0. The van der Waals surface area contributed by atoms with Crippen LogP contribution in [0.5, 0.6) is 0 Å². The van der Waals surface area contributed by atoms with Gasteiger partial charge >= 0.3 is 39.5 Å². The maximum atomic E-state index is 13.1. The average molecular weight is 1440 g/mol. The Morgan fingerprint density at radius 2 is 0.490 bits per heavy atom. The molecule has 0 saturated heterocycles. The van der Waals surface area contributed by atoms with Crippen molar-refractivity contribution in [3.8, 4) is 0 Å². The number of carbonyl (C=O) groups is 4. The fraction of sp³-hybridized carbons (Fsp3) is 0.949. The van der Waals surface area contributed by atoms with E-state index < -0.39 is 97.5 Å². The molecule has 0 amide bonds. The molecule has 0 rings (SSSR count). The zero-order valence-electron chi connectivity index (χ0n) is 63.9. The van der Waals surface area contributed by atoms with Crippen molar-refractivity contribution in [3.05, 3.63) is 0 Å². The molecule has 3 unspecified atom stereocenters. The fourth-order valence-electron chi connectivity index (χ4n) is 12.2. The Labute approximate surface area is 600 Å². The third-order valence-electron chi connectivity index (χ3n) is 18.9. The van der Waals surface area contributed by atoms with E-state index in [1.54, 1.807) is 0 Å². The van der Waals surface area contributed by atoms with E-state index in [0.717, 1.165) is 95.8 Å². The van der Waals surface area contributed by atoms with Crippen LogP contribution in [0.15, 0.2) is 0 Å². The molecule has 0 fully saturated rings.